The van der Waals surface area contributed by atoms with Crippen LogP contribution >= 0.6 is 0 Å². The molecule has 1 aliphatic rings. The Morgan fingerprint density at radius 1 is 1.47 bits per heavy atom. The van der Waals surface area contributed by atoms with Crippen LogP contribution in [0.2, 0.25) is 0 Å². The van der Waals surface area contributed by atoms with Crippen molar-refractivity contribution >= 4 is 11.6 Å². The highest BCUT2D eigenvalue weighted by Crippen LogP contribution is 2.17. The van der Waals surface area contributed by atoms with Gasteiger partial charge in [-0.05, 0) is 18.1 Å². The summed E-state index contributed by atoms with van der Waals surface area (Å²) in [6, 6.07) is 7.96. The van der Waals surface area contributed by atoms with Crippen LogP contribution in [0.1, 0.15) is 12.5 Å². The Hall–Kier alpha value is -1.35. The molecule has 2 N–H and O–H groups in total. The summed E-state index contributed by atoms with van der Waals surface area (Å²) < 4.78 is 0. The fraction of sp³-hybridized carbons (Fsp3) is 0.417. The molecule has 0 atom stereocenters. The van der Waals surface area contributed by atoms with E-state index in [0.717, 1.165) is 25.2 Å². The molecule has 1 fully saturated rings. The van der Waals surface area contributed by atoms with Gasteiger partial charge in [-0.25, -0.2) is 0 Å². The molecule has 1 heterocycles. The highest BCUT2D eigenvalue weighted by atomic mass is 16.2. The molecule has 80 valence electrons. The Bertz CT molecular complexity index is 358. The van der Waals surface area contributed by atoms with Gasteiger partial charge in [0.15, 0.2) is 0 Å². The highest BCUT2D eigenvalue weighted by Gasteiger charge is 2.24. The molecule has 0 spiro atoms. The molecule has 1 amide bonds. The zero-order valence-corrected chi connectivity index (χ0v) is 8.92. The van der Waals surface area contributed by atoms with Gasteiger partial charge in [0.2, 0.25) is 5.91 Å². The fourth-order valence-corrected chi connectivity index (χ4v) is 1.66. The van der Waals surface area contributed by atoms with E-state index in [-0.39, 0.29) is 11.8 Å². The fourth-order valence-electron chi connectivity index (χ4n) is 1.66. The van der Waals surface area contributed by atoms with E-state index in [2.05, 4.69) is 23.6 Å². The van der Waals surface area contributed by atoms with Crippen molar-refractivity contribution in [3.05, 3.63) is 29.8 Å². The van der Waals surface area contributed by atoms with Crippen LogP contribution in [0.25, 0.3) is 0 Å². The number of carbonyl (C=O) groups excluding carboxylic acids is 1. The first kappa shape index (κ1) is 10.2. The number of hydrogen-bond donors (Lipinski definition) is 2. The maximum Gasteiger partial charge on any atom is 0.230 e. The average Bonchev–Trinajstić information content (AvgIpc) is 2.15. The van der Waals surface area contributed by atoms with Crippen LogP contribution in [-0.4, -0.2) is 19.0 Å². The second-order valence-corrected chi connectivity index (χ2v) is 3.86. The van der Waals surface area contributed by atoms with Crippen molar-refractivity contribution in [2.24, 2.45) is 5.92 Å². The van der Waals surface area contributed by atoms with Crippen molar-refractivity contribution in [1.82, 2.24) is 5.32 Å². The van der Waals surface area contributed by atoms with Crippen LogP contribution in [-0.2, 0) is 11.2 Å². The number of carbonyl (C=O) groups is 1. The van der Waals surface area contributed by atoms with Gasteiger partial charge in [0, 0.05) is 18.8 Å². The van der Waals surface area contributed by atoms with E-state index < -0.39 is 0 Å². The van der Waals surface area contributed by atoms with E-state index in [1.807, 2.05) is 18.2 Å². The molecule has 0 aromatic heterocycles. The summed E-state index contributed by atoms with van der Waals surface area (Å²) >= 11 is 0. The molecule has 15 heavy (non-hydrogen) atoms. The average molecular weight is 204 g/mol. The Kier molecular flexibility index (Phi) is 3.02. The van der Waals surface area contributed by atoms with Gasteiger partial charge in [0.25, 0.3) is 0 Å². The number of nitrogens with one attached hydrogen (secondary N) is 2. The van der Waals surface area contributed by atoms with Gasteiger partial charge >= 0.3 is 0 Å². The van der Waals surface area contributed by atoms with Crippen molar-refractivity contribution in [2.45, 2.75) is 13.3 Å². The van der Waals surface area contributed by atoms with Crippen LogP contribution < -0.4 is 10.6 Å². The summed E-state index contributed by atoms with van der Waals surface area (Å²) in [5.41, 5.74) is 2.15. The molecule has 1 aromatic rings. The first-order valence-electron chi connectivity index (χ1n) is 5.40. The van der Waals surface area contributed by atoms with Crippen LogP contribution in [0.4, 0.5) is 5.69 Å². The summed E-state index contributed by atoms with van der Waals surface area (Å²) in [6.45, 7) is 3.70. The molecule has 0 unspecified atom stereocenters. The summed E-state index contributed by atoms with van der Waals surface area (Å²) in [7, 11) is 0. The first-order valence-corrected chi connectivity index (χ1v) is 5.40. The minimum Gasteiger partial charge on any atom is -0.326 e. The van der Waals surface area contributed by atoms with Crippen LogP contribution in [0.3, 0.4) is 0 Å². The number of rotatable bonds is 3. The third kappa shape index (κ3) is 2.18. The standard InChI is InChI=1S/C12H16N2O/c1-2-9-5-3-4-6-11(9)14-12(15)10-7-13-8-10/h3-6,10,13H,2,7-8H2,1H3,(H,14,15). The van der Waals surface area contributed by atoms with Crippen LogP contribution in [0.15, 0.2) is 24.3 Å². The third-order valence-corrected chi connectivity index (χ3v) is 2.81. The lowest BCUT2D eigenvalue weighted by atomic mass is 10.0. The number of para-hydroxylation sites is 1. The number of anilines is 1. The van der Waals surface area contributed by atoms with Crippen molar-refractivity contribution in [3.8, 4) is 0 Å². The second-order valence-electron chi connectivity index (χ2n) is 3.86. The SMILES string of the molecule is CCc1ccccc1NC(=O)C1CNC1. The van der Waals surface area contributed by atoms with Crippen LogP contribution in [0.5, 0.6) is 0 Å². The molecule has 0 aliphatic carbocycles. The molecule has 0 saturated carbocycles. The predicted octanol–water partition coefficient (Wildman–Crippen LogP) is 1.41. The minimum atomic E-state index is 0.134. The lowest BCUT2D eigenvalue weighted by Gasteiger charge is -2.26. The molecular weight excluding hydrogens is 188 g/mol. The Balaban J connectivity index is 2.05. The zero-order chi connectivity index (χ0) is 10.7. The van der Waals surface area contributed by atoms with Crippen molar-refractivity contribution in [1.29, 1.82) is 0 Å². The highest BCUT2D eigenvalue weighted by molar-refractivity contribution is 5.94. The smallest absolute Gasteiger partial charge is 0.230 e. The van der Waals surface area contributed by atoms with Gasteiger partial charge in [0.05, 0.1) is 5.92 Å². The van der Waals surface area contributed by atoms with Crippen molar-refractivity contribution in [2.75, 3.05) is 18.4 Å². The third-order valence-electron chi connectivity index (χ3n) is 2.81. The Morgan fingerprint density at radius 2 is 2.20 bits per heavy atom. The number of benzene rings is 1. The van der Waals surface area contributed by atoms with Crippen LogP contribution in [0, 0.1) is 5.92 Å². The molecular formula is C12H16N2O. The normalized spacial score (nSPS) is 15.8. The zero-order valence-electron chi connectivity index (χ0n) is 8.92. The van der Waals surface area contributed by atoms with Gasteiger partial charge in [-0.1, -0.05) is 25.1 Å². The van der Waals surface area contributed by atoms with Gasteiger partial charge in [0.1, 0.15) is 0 Å². The van der Waals surface area contributed by atoms with E-state index >= 15 is 0 Å². The molecule has 3 nitrogen and oxygen atoms in total. The Labute approximate surface area is 89.9 Å². The lowest BCUT2D eigenvalue weighted by Crippen LogP contribution is -2.48. The predicted molar refractivity (Wildman–Crippen MR) is 60.8 cm³/mol. The maximum absolute atomic E-state index is 11.7. The summed E-state index contributed by atoms with van der Waals surface area (Å²) in [5, 5.41) is 6.08. The molecule has 0 radical (unpaired) electrons. The largest absolute Gasteiger partial charge is 0.326 e. The van der Waals surface area contributed by atoms with E-state index in [0.29, 0.717) is 0 Å². The van der Waals surface area contributed by atoms with Gasteiger partial charge in [-0.3, -0.25) is 4.79 Å². The number of aryl methyl sites for hydroxylation is 1. The van der Waals surface area contributed by atoms with Crippen molar-refractivity contribution in [3.63, 3.8) is 0 Å². The molecule has 1 aromatic carbocycles. The number of hydrogen-bond acceptors (Lipinski definition) is 2. The Morgan fingerprint density at radius 3 is 2.80 bits per heavy atom. The minimum absolute atomic E-state index is 0.134. The van der Waals surface area contributed by atoms with E-state index in [1.165, 1.54) is 5.56 Å². The topological polar surface area (TPSA) is 41.1 Å². The monoisotopic (exact) mass is 204 g/mol. The molecule has 1 saturated heterocycles. The molecule has 0 bridgehead atoms. The van der Waals surface area contributed by atoms with Gasteiger partial charge < -0.3 is 10.6 Å². The molecule has 2 rings (SSSR count). The molecule has 3 heteroatoms. The van der Waals surface area contributed by atoms with Gasteiger partial charge in [-0.15, -0.1) is 0 Å². The first-order chi connectivity index (χ1) is 7.31. The second kappa shape index (κ2) is 4.45. The van der Waals surface area contributed by atoms with E-state index in [1.54, 1.807) is 0 Å². The summed E-state index contributed by atoms with van der Waals surface area (Å²) in [6.07, 6.45) is 0.944. The summed E-state index contributed by atoms with van der Waals surface area (Å²) in [5.74, 6) is 0.282. The van der Waals surface area contributed by atoms with E-state index in [9.17, 15) is 4.79 Å². The van der Waals surface area contributed by atoms with E-state index in [4.69, 9.17) is 0 Å². The van der Waals surface area contributed by atoms with Gasteiger partial charge in [-0.2, -0.15) is 0 Å². The number of amides is 1. The molecule has 1 aliphatic heterocycles. The maximum atomic E-state index is 11.7. The lowest BCUT2D eigenvalue weighted by molar-refractivity contribution is -0.121. The summed E-state index contributed by atoms with van der Waals surface area (Å²) in [4.78, 5) is 11.7. The quantitative estimate of drug-likeness (QED) is 0.781. The van der Waals surface area contributed by atoms with Crippen molar-refractivity contribution < 1.29 is 4.79 Å².